The van der Waals surface area contributed by atoms with Crippen molar-refractivity contribution in [1.82, 2.24) is 4.98 Å². The van der Waals surface area contributed by atoms with Crippen LogP contribution in [0.1, 0.15) is 0 Å². The Bertz CT molecular complexity index is 206. The van der Waals surface area contributed by atoms with Crippen molar-refractivity contribution >= 4 is 0 Å². The SMILES string of the molecule is C#C.O=c1cccc[nH]1. The maximum Gasteiger partial charge on any atom is 0.247 e. The summed E-state index contributed by atoms with van der Waals surface area (Å²) >= 11 is 0. The van der Waals surface area contributed by atoms with Gasteiger partial charge >= 0.3 is 0 Å². The molecule has 0 aliphatic heterocycles. The summed E-state index contributed by atoms with van der Waals surface area (Å²) in [5, 5.41) is 0. The van der Waals surface area contributed by atoms with Crippen molar-refractivity contribution in [3.05, 3.63) is 34.7 Å². The molecule has 0 spiro atoms. The predicted octanol–water partition coefficient (Wildman–Crippen LogP) is 0.624. The molecule has 0 unspecified atom stereocenters. The van der Waals surface area contributed by atoms with Gasteiger partial charge in [0.25, 0.3) is 0 Å². The summed E-state index contributed by atoms with van der Waals surface area (Å²) in [6, 6.07) is 4.93. The van der Waals surface area contributed by atoms with E-state index in [2.05, 4.69) is 17.8 Å². The summed E-state index contributed by atoms with van der Waals surface area (Å²) in [5.74, 6) is 0. The zero-order valence-electron chi connectivity index (χ0n) is 4.87. The standard InChI is InChI=1S/C5H5NO.C2H2/c7-5-3-1-2-4-6-5;1-2/h1-4H,(H,6,7);1-2H. The molecule has 46 valence electrons. The maximum absolute atomic E-state index is 10.2. The van der Waals surface area contributed by atoms with Crippen LogP contribution in [0, 0.1) is 12.8 Å². The average Bonchev–Trinajstić information content (AvgIpc) is 1.94. The first-order valence-corrected chi connectivity index (χ1v) is 2.36. The van der Waals surface area contributed by atoms with Crippen molar-refractivity contribution in [3.63, 3.8) is 0 Å². The molecule has 0 aliphatic rings. The van der Waals surface area contributed by atoms with E-state index in [4.69, 9.17) is 0 Å². The number of aromatic nitrogens is 1. The Hall–Kier alpha value is -1.49. The van der Waals surface area contributed by atoms with Crippen LogP contribution in [0.25, 0.3) is 0 Å². The van der Waals surface area contributed by atoms with Gasteiger partial charge in [0.2, 0.25) is 5.56 Å². The van der Waals surface area contributed by atoms with Gasteiger partial charge in [-0.05, 0) is 6.07 Å². The monoisotopic (exact) mass is 121 g/mol. The van der Waals surface area contributed by atoms with E-state index in [0.717, 1.165) is 0 Å². The third-order valence-electron chi connectivity index (χ3n) is 0.681. The topological polar surface area (TPSA) is 32.9 Å². The lowest BCUT2D eigenvalue weighted by Gasteiger charge is -1.73. The lowest BCUT2D eigenvalue weighted by atomic mass is 10.5. The van der Waals surface area contributed by atoms with Gasteiger partial charge < -0.3 is 4.98 Å². The Labute approximate surface area is 53.5 Å². The van der Waals surface area contributed by atoms with Crippen LogP contribution in [0.5, 0.6) is 0 Å². The van der Waals surface area contributed by atoms with Crippen LogP contribution in [0.15, 0.2) is 29.2 Å². The molecule has 9 heavy (non-hydrogen) atoms. The molecule has 2 nitrogen and oxygen atoms in total. The summed E-state index contributed by atoms with van der Waals surface area (Å²) < 4.78 is 0. The number of nitrogens with one attached hydrogen (secondary N) is 1. The molecular weight excluding hydrogens is 114 g/mol. The number of hydrogen-bond donors (Lipinski definition) is 1. The normalized spacial score (nSPS) is 6.89. The van der Waals surface area contributed by atoms with Crippen LogP contribution in [0.3, 0.4) is 0 Å². The predicted molar refractivity (Wildman–Crippen MR) is 37.0 cm³/mol. The lowest BCUT2D eigenvalue weighted by molar-refractivity contribution is 1.24. The number of pyridine rings is 1. The first-order chi connectivity index (χ1) is 4.39. The van der Waals surface area contributed by atoms with Crippen molar-refractivity contribution in [2.24, 2.45) is 0 Å². The van der Waals surface area contributed by atoms with Crippen LogP contribution in [-0.2, 0) is 0 Å². The van der Waals surface area contributed by atoms with Crippen molar-refractivity contribution in [3.8, 4) is 12.8 Å². The molecule has 0 aromatic carbocycles. The highest BCUT2D eigenvalue weighted by Gasteiger charge is 1.69. The summed E-state index contributed by atoms with van der Waals surface area (Å²) in [6.07, 6.45) is 9.60. The summed E-state index contributed by atoms with van der Waals surface area (Å²) in [4.78, 5) is 12.7. The summed E-state index contributed by atoms with van der Waals surface area (Å²) in [5.41, 5.74) is -0.0532. The van der Waals surface area contributed by atoms with Gasteiger partial charge in [0, 0.05) is 12.3 Å². The molecule has 0 amide bonds. The van der Waals surface area contributed by atoms with E-state index >= 15 is 0 Å². The van der Waals surface area contributed by atoms with E-state index in [-0.39, 0.29) is 5.56 Å². The van der Waals surface area contributed by atoms with Gasteiger partial charge in [0.15, 0.2) is 0 Å². The molecule has 0 bridgehead atoms. The van der Waals surface area contributed by atoms with Crippen LogP contribution < -0.4 is 5.56 Å². The number of H-pyrrole nitrogens is 1. The molecule has 0 saturated heterocycles. The van der Waals surface area contributed by atoms with Crippen LogP contribution in [0.4, 0.5) is 0 Å². The Morgan fingerprint density at radius 3 is 2.22 bits per heavy atom. The van der Waals surface area contributed by atoms with E-state index in [1.54, 1.807) is 18.3 Å². The van der Waals surface area contributed by atoms with Gasteiger partial charge in [-0.1, -0.05) is 6.07 Å². The second kappa shape index (κ2) is 4.66. The zero-order valence-corrected chi connectivity index (χ0v) is 4.87. The number of rotatable bonds is 0. The van der Waals surface area contributed by atoms with E-state index in [0.29, 0.717) is 0 Å². The van der Waals surface area contributed by atoms with Crippen LogP contribution >= 0.6 is 0 Å². The number of hydrogen-bond acceptors (Lipinski definition) is 1. The highest BCUT2D eigenvalue weighted by atomic mass is 16.1. The van der Waals surface area contributed by atoms with E-state index in [1.165, 1.54) is 6.07 Å². The Balaban J connectivity index is 0.000000291. The van der Waals surface area contributed by atoms with Gasteiger partial charge in [-0.2, -0.15) is 0 Å². The van der Waals surface area contributed by atoms with Gasteiger partial charge in [0.1, 0.15) is 0 Å². The van der Waals surface area contributed by atoms with Gasteiger partial charge in [-0.15, -0.1) is 12.8 Å². The third-order valence-corrected chi connectivity index (χ3v) is 0.681. The first-order valence-electron chi connectivity index (χ1n) is 2.36. The second-order valence-electron chi connectivity index (χ2n) is 1.23. The van der Waals surface area contributed by atoms with Gasteiger partial charge in [-0.25, -0.2) is 0 Å². The van der Waals surface area contributed by atoms with Crippen LogP contribution in [-0.4, -0.2) is 4.98 Å². The Morgan fingerprint density at radius 2 is 2.00 bits per heavy atom. The van der Waals surface area contributed by atoms with Crippen molar-refractivity contribution in [2.75, 3.05) is 0 Å². The molecule has 1 N–H and O–H groups in total. The van der Waals surface area contributed by atoms with Crippen molar-refractivity contribution < 1.29 is 0 Å². The number of aromatic amines is 1. The number of terminal acetylenes is 1. The Morgan fingerprint density at radius 1 is 1.33 bits per heavy atom. The molecule has 0 aliphatic carbocycles. The molecule has 1 aromatic heterocycles. The fourth-order valence-electron chi connectivity index (χ4n) is 0.377. The minimum atomic E-state index is -0.0532. The highest BCUT2D eigenvalue weighted by Crippen LogP contribution is 1.67. The quantitative estimate of drug-likeness (QED) is 0.501. The minimum absolute atomic E-state index is 0.0532. The molecular formula is C7H7NO. The van der Waals surface area contributed by atoms with E-state index < -0.39 is 0 Å². The molecule has 0 fully saturated rings. The largest absolute Gasteiger partial charge is 0.329 e. The molecule has 1 heterocycles. The molecule has 1 rings (SSSR count). The molecule has 0 radical (unpaired) electrons. The van der Waals surface area contributed by atoms with Gasteiger partial charge in [-0.3, -0.25) is 4.79 Å². The molecule has 1 aromatic rings. The molecule has 0 saturated carbocycles. The lowest BCUT2D eigenvalue weighted by Crippen LogP contribution is -1.98. The van der Waals surface area contributed by atoms with Gasteiger partial charge in [0.05, 0.1) is 0 Å². The fraction of sp³-hybridized carbons (Fsp3) is 0. The fourth-order valence-corrected chi connectivity index (χ4v) is 0.377. The van der Waals surface area contributed by atoms with E-state index in [9.17, 15) is 4.79 Å². The first kappa shape index (κ1) is 7.51. The van der Waals surface area contributed by atoms with Crippen molar-refractivity contribution in [2.45, 2.75) is 0 Å². The second-order valence-corrected chi connectivity index (χ2v) is 1.23. The summed E-state index contributed by atoms with van der Waals surface area (Å²) in [7, 11) is 0. The third kappa shape index (κ3) is 3.12. The van der Waals surface area contributed by atoms with Crippen LogP contribution in [0.2, 0.25) is 0 Å². The molecule has 0 atom stereocenters. The summed E-state index contributed by atoms with van der Waals surface area (Å²) in [6.45, 7) is 0. The highest BCUT2D eigenvalue weighted by molar-refractivity contribution is 4.89. The van der Waals surface area contributed by atoms with Crippen molar-refractivity contribution in [1.29, 1.82) is 0 Å². The van der Waals surface area contributed by atoms with E-state index in [1.807, 2.05) is 0 Å². The zero-order chi connectivity index (χ0) is 7.11. The smallest absolute Gasteiger partial charge is 0.247 e. The average molecular weight is 121 g/mol. The maximum atomic E-state index is 10.2. The Kier molecular flexibility index (Phi) is 3.89. The molecule has 2 heteroatoms. The minimum Gasteiger partial charge on any atom is -0.329 e.